The summed E-state index contributed by atoms with van der Waals surface area (Å²) in [5.41, 5.74) is 3.91. The van der Waals surface area contributed by atoms with E-state index in [-0.39, 0.29) is 0 Å². The molecule has 1 N–H and O–H groups in total. The Balaban J connectivity index is 2.18. The highest BCUT2D eigenvalue weighted by Crippen LogP contribution is 2.26. The fourth-order valence-electron chi connectivity index (χ4n) is 1.75. The van der Waals surface area contributed by atoms with Crippen LogP contribution in [0, 0.1) is 13.8 Å². The molecular weight excluding hydrogens is 214 g/mol. The van der Waals surface area contributed by atoms with Gasteiger partial charge >= 0.3 is 0 Å². The lowest BCUT2D eigenvalue weighted by Crippen LogP contribution is -2.06. The Morgan fingerprint density at radius 2 is 1.94 bits per heavy atom. The van der Waals surface area contributed by atoms with Crippen molar-refractivity contribution < 1.29 is 0 Å². The summed E-state index contributed by atoms with van der Waals surface area (Å²) in [6.07, 6.45) is 0. The Hall–Kier alpha value is -1.28. The monoisotopic (exact) mass is 231 g/mol. The maximum atomic E-state index is 3.56. The Bertz CT molecular complexity index is 460. The molecule has 1 aromatic carbocycles. The van der Waals surface area contributed by atoms with Gasteiger partial charge in [-0.2, -0.15) is 0 Å². The molecule has 0 aliphatic carbocycles. The van der Waals surface area contributed by atoms with Crippen LogP contribution in [0.25, 0.3) is 0 Å². The van der Waals surface area contributed by atoms with Gasteiger partial charge in [-0.1, -0.05) is 18.2 Å². The van der Waals surface area contributed by atoms with Gasteiger partial charge < -0.3 is 5.32 Å². The highest BCUT2D eigenvalue weighted by atomic mass is 32.1. The molecule has 0 aliphatic rings. The molecule has 2 aromatic rings. The number of aryl methyl sites for hydroxylation is 1. The molecule has 0 fully saturated rings. The van der Waals surface area contributed by atoms with Crippen LogP contribution in [0.2, 0.25) is 0 Å². The SMILES string of the molecule is Cc1cccc(NC(C)c2cccs2)c1C. The fraction of sp³-hybridized carbons (Fsp3) is 0.286. The molecule has 0 bridgehead atoms. The van der Waals surface area contributed by atoms with Crippen LogP contribution in [0.3, 0.4) is 0 Å². The highest BCUT2D eigenvalue weighted by molar-refractivity contribution is 7.10. The van der Waals surface area contributed by atoms with Crippen molar-refractivity contribution in [3.8, 4) is 0 Å². The highest BCUT2D eigenvalue weighted by Gasteiger charge is 2.07. The Morgan fingerprint density at radius 3 is 2.62 bits per heavy atom. The average Bonchev–Trinajstić information content (AvgIpc) is 2.78. The summed E-state index contributed by atoms with van der Waals surface area (Å²) in [4.78, 5) is 1.38. The largest absolute Gasteiger partial charge is 0.377 e. The molecule has 1 heterocycles. The predicted molar refractivity (Wildman–Crippen MR) is 72.3 cm³/mol. The topological polar surface area (TPSA) is 12.0 Å². The molecule has 2 heteroatoms. The van der Waals surface area contributed by atoms with Gasteiger partial charge in [0, 0.05) is 10.6 Å². The van der Waals surface area contributed by atoms with Crippen molar-refractivity contribution in [3.05, 3.63) is 51.7 Å². The van der Waals surface area contributed by atoms with E-state index in [1.54, 1.807) is 11.3 Å². The summed E-state index contributed by atoms with van der Waals surface area (Å²) in [5.74, 6) is 0. The summed E-state index contributed by atoms with van der Waals surface area (Å²) < 4.78 is 0. The van der Waals surface area contributed by atoms with Gasteiger partial charge in [0.15, 0.2) is 0 Å². The van der Waals surface area contributed by atoms with Gasteiger partial charge in [0.25, 0.3) is 0 Å². The van der Waals surface area contributed by atoms with Gasteiger partial charge in [0.1, 0.15) is 0 Å². The van der Waals surface area contributed by atoms with E-state index < -0.39 is 0 Å². The molecule has 16 heavy (non-hydrogen) atoms. The van der Waals surface area contributed by atoms with Crippen molar-refractivity contribution in [1.82, 2.24) is 0 Å². The van der Waals surface area contributed by atoms with E-state index in [1.807, 2.05) is 0 Å². The van der Waals surface area contributed by atoms with Crippen molar-refractivity contribution in [1.29, 1.82) is 0 Å². The van der Waals surface area contributed by atoms with Crippen molar-refractivity contribution in [2.75, 3.05) is 5.32 Å². The van der Waals surface area contributed by atoms with E-state index in [1.165, 1.54) is 21.7 Å². The molecule has 0 aliphatic heterocycles. The zero-order valence-electron chi connectivity index (χ0n) is 9.95. The minimum absolute atomic E-state index is 0.375. The maximum absolute atomic E-state index is 3.56. The van der Waals surface area contributed by atoms with Crippen molar-refractivity contribution in [3.63, 3.8) is 0 Å². The molecular formula is C14H17NS. The molecule has 0 spiro atoms. The number of benzene rings is 1. The third kappa shape index (κ3) is 2.27. The van der Waals surface area contributed by atoms with Crippen LogP contribution in [0.1, 0.15) is 29.0 Å². The van der Waals surface area contributed by atoms with Crippen molar-refractivity contribution in [2.45, 2.75) is 26.8 Å². The Labute approximate surface area is 101 Å². The first-order valence-electron chi connectivity index (χ1n) is 5.54. The Morgan fingerprint density at radius 1 is 1.12 bits per heavy atom. The smallest absolute Gasteiger partial charge is 0.0578 e. The molecule has 1 aromatic heterocycles. The third-order valence-corrected chi connectivity index (χ3v) is 4.00. The third-order valence-electron chi connectivity index (χ3n) is 2.95. The molecule has 0 amide bonds. The molecule has 0 saturated carbocycles. The molecule has 84 valence electrons. The van der Waals surface area contributed by atoms with Crippen molar-refractivity contribution in [2.24, 2.45) is 0 Å². The van der Waals surface area contributed by atoms with E-state index in [9.17, 15) is 0 Å². The van der Waals surface area contributed by atoms with E-state index in [0.29, 0.717) is 6.04 Å². The van der Waals surface area contributed by atoms with Crippen LogP contribution in [0.4, 0.5) is 5.69 Å². The minimum atomic E-state index is 0.375. The second kappa shape index (κ2) is 4.71. The zero-order valence-corrected chi connectivity index (χ0v) is 10.8. The molecule has 1 nitrogen and oxygen atoms in total. The summed E-state index contributed by atoms with van der Waals surface area (Å²) in [5, 5.41) is 5.69. The molecule has 1 atom stereocenters. The van der Waals surface area contributed by atoms with Crippen LogP contribution in [0.15, 0.2) is 35.7 Å². The van der Waals surface area contributed by atoms with Crippen LogP contribution < -0.4 is 5.32 Å². The summed E-state index contributed by atoms with van der Waals surface area (Å²) in [7, 11) is 0. The lowest BCUT2D eigenvalue weighted by atomic mass is 10.1. The van der Waals surface area contributed by atoms with Crippen molar-refractivity contribution >= 4 is 17.0 Å². The summed E-state index contributed by atoms with van der Waals surface area (Å²) >= 11 is 1.80. The molecule has 0 radical (unpaired) electrons. The van der Waals surface area contributed by atoms with Crippen LogP contribution in [-0.4, -0.2) is 0 Å². The van der Waals surface area contributed by atoms with Gasteiger partial charge in [-0.25, -0.2) is 0 Å². The first-order chi connectivity index (χ1) is 7.68. The number of anilines is 1. The number of hydrogen-bond donors (Lipinski definition) is 1. The zero-order chi connectivity index (χ0) is 11.5. The van der Waals surface area contributed by atoms with Gasteiger partial charge in [0.2, 0.25) is 0 Å². The van der Waals surface area contributed by atoms with Gasteiger partial charge in [-0.15, -0.1) is 11.3 Å². The van der Waals surface area contributed by atoms with Gasteiger partial charge in [-0.3, -0.25) is 0 Å². The quantitative estimate of drug-likeness (QED) is 0.818. The maximum Gasteiger partial charge on any atom is 0.0578 e. The molecule has 0 saturated heterocycles. The van der Waals surface area contributed by atoms with E-state index in [2.05, 4.69) is 61.8 Å². The second-order valence-corrected chi connectivity index (χ2v) is 5.11. The normalized spacial score (nSPS) is 12.4. The summed E-state index contributed by atoms with van der Waals surface area (Å²) in [6.45, 7) is 6.52. The number of nitrogens with one attached hydrogen (secondary N) is 1. The number of hydrogen-bond acceptors (Lipinski definition) is 2. The predicted octanol–water partition coefficient (Wildman–Crippen LogP) is 4.54. The van der Waals surface area contributed by atoms with E-state index in [4.69, 9.17) is 0 Å². The van der Waals surface area contributed by atoms with Crippen LogP contribution in [-0.2, 0) is 0 Å². The van der Waals surface area contributed by atoms with Crippen LogP contribution in [0.5, 0.6) is 0 Å². The summed E-state index contributed by atoms with van der Waals surface area (Å²) in [6, 6.07) is 11.0. The Kier molecular flexibility index (Phi) is 3.30. The second-order valence-electron chi connectivity index (χ2n) is 4.13. The first-order valence-corrected chi connectivity index (χ1v) is 6.42. The van der Waals surface area contributed by atoms with E-state index >= 15 is 0 Å². The minimum Gasteiger partial charge on any atom is -0.377 e. The molecule has 2 rings (SSSR count). The fourth-order valence-corrected chi connectivity index (χ4v) is 2.48. The standard InChI is InChI=1S/C14H17NS/c1-10-6-4-7-13(11(10)2)15-12(3)14-8-5-9-16-14/h4-9,12,15H,1-3H3. The van der Waals surface area contributed by atoms with Crippen LogP contribution >= 0.6 is 11.3 Å². The van der Waals surface area contributed by atoms with Gasteiger partial charge in [0.05, 0.1) is 6.04 Å². The lowest BCUT2D eigenvalue weighted by molar-refractivity contribution is 0.905. The number of rotatable bonds is 3. The number of thiophene rings is 1. The average molecular weight is 231 g/mol. The first kappa shape index (κ1) is 11.2. The van der Waals surface area contributed by atoms with Gasteiger partial charge in [-0.05, 0) is 49.4 Å². The van der Waals surface area contributed by atoms with E-state index in [0.717, 1.165) is 0 Å². The lowest BCUT2D eigenvalue weighted by Gasteiger charge is -2.16. The molecule has 1 unspecified atom stereocenters.